The first-order chi connectivity index (χ1) is 10.0. The van der Waals surface area contributed by atoms with Crippen LogP contribution in [0.2, 0.25) is 0 Å². The Labute approximate surface area is 132 Å². The molecule has 0 aliphatic heterocycles. The van der Waals surface area contributed by atoms with Gasteiger partial charge in [-0.3, -0.25) is 4.79 Å². The number of nitrogens with two attached hydrogens (primary N) is 1. The number of amides is 1. The summed E-state index contributed by atoms with van der Waals surface area (Å²) in [6, 6.07) is 12.6. The van der Waals surface area contributed by atoms with Crippen molar-refractivity contribution in [2.24, 2.45) is 5.73 Å². The third-order valence-electron chi connectivity index (χ3n) is 3.16. The van der Waals surface area contributed by atoms with E-state index in [1.54, 1.807) is 13.2 Å². The molecule has 0 saturated heterocycles. The molecule has 1 amide bonds. The number of benzene rings is 2. The van der Waals surface area contributed by atoms with E-state index in [1.165, 1.54) is 0 Å². The van der Waals surface area contributed by atoms with Gasteiger partial charge in [0.05, 0.1) is 7.11 Å². The Morgan fingerprint density at radius 3 is 2.48 bits per heavy atom. The molecule has 2 aromatic rings. The van der Waals surface area contributed by atoms with E-state index in [0.717, 1.165) is 21.3 Å². The van der Waals surface area contributed by atoms with Crippen LogP contribution < -0.4 is 15.8 Å². The van der Waals surface area contributed by atoms with E-state index in [2.05, 4.69) is 21.2 Å². The van der Waals surface area contributed by atoms with Gasteiger partial charge in [0, 0.05) is 15.7 Å². The topological polar surface area (TPSA) is 64.3 Å². The summed E-state index contributed by atoms with van der Waals surface area (Å²) in [5, 5.41) is 3.15. The number of halogens is 1. The number of nitrogens with one attached hydrogen (secondary N) is 1. The lowest BCUT2D eigenvalue weighted by atomic mass is 10.1. The van der Waals surface area contributed by atoms with Crippen molar-refractivity contribution in [3.05, 3.63) is 58.1 Å². The number of aryl methyl sites for hydroxylation is 1. The molecule has 21 heavy (non-hydrogen) atoms. The molecular formula is C16H17BrN2O2. The second-order valence-electron chi connectivity index (χ2n) is 4.73. The average Bonchev–Trinajstić information content (AvgIpc) is 2.47. The van der Waals surface area contributed by atoms with Gasteiger partial charge in [-0.25, -0.2) is 0 Å². The van der Waals surface area contributed by atoms with Crippen molar-refractivity contribution < 1.29 is 9.53 Å². The second-order valence-corrected chi connectivity index (χ2v) is 5.59. The monoisotopic (exact) mass is 348 g/mol. The number of carbonyl (C=O) groups excluding carboxylic acids is 1. The lowest BCUT2D eigenvalue weighted by molar-refractivity contribution is -0.118. The molecule has 0 radical (unpaired) electrons. The zero-order chi connectivity index (χ0) is 15.4. The first-order valence-corrected chi connectivity index (χ1v) is 7.26. The van der Waals surface area contributed by atoms with E-state index < -0.39 is 11.9 Å². The van der Waals surface area contributed by atoms with E-state index >= 15 is 0 Å². The third kappa shape index (κ3) is 3.76. The lowest BCUT2D eigenvalue weighted by Gasteiger charge is -2.19. The number of methoxy groups -OCH3 is 1. The fourth-order valence-corrected chi connectivity index (χ4v) is 2.46. The minimum absolute atomic E-state index is 0.454. The van der Waals surface area contributed by atoms with Crippen LogP contribution in [0.15, 0.2) is 46.9 Å². The maximum atomic E-state index is 11.8. The van der Waals surface area contributed by atoms with Gasteiger partial charge in [-0.05, 0) is 37.3 Å². The van der Waals surface area contributed by atoms with E-state index in [0.29, 0.717) is 5.75 Å². The zero-order valence-corrected chi connectivity index (χ0v) is 13.5. The molecule has 0 aromatic heterocycles. The van der Waals surface area contributed by atoms with Crippen LogP contribution in [0.4, 0.5) is 5.69 Å². The molecule has 2 rings (SSSR count). The summed E-state index contributed by atoms with van der Waals surface area (Å²) in [5.74, 6) is 0.217. The van der Waals surface area contributed by atoms with Gasteiger partial charge in [0.15, 0.2) is 0 Å². The first kappa shape index (κ1) is 15.4. The predicted octanol–water partition coefficient (Wildman–Crippen LogP) is 3.40. The van der Waals surface area contributed by atoms with Gasteiger partial charge in [-0.15, -0.1) is 0 Å². The van der Waals surface area contributed by atoms with E-state index in [1.807, 2.05) is 43.3 Å². The molecule has 1 unspecified atom stereocenters. The smallest absolute Gasteiger partial charge is 0.244 e. The van der Waals surface area contributed by atoms with Crippen molar-refractivity contribution in [1.82, 2.24) is 0 Å². The molecule has 1 atom stereocenters. The van der Waals surface area contributed by atoms with E-state index in [-0.39, 0.29) is 0 Å². The standard InChI is InChI=1S/C16H17BrN2O2/c1-10-3-5-11(6-4-10)19-15(16(18)20)13-9-12(21-2)7-8-14(13)17/h3-9,15,19H,1-2H3,(H2,18,20). The minimum atomic E-state index is -0.641. The zero-order valence-electron chi connectivity index (χ0n) is 11.9. The predicted molar refractivity (Wildman–Crippen MR) is 87.4 cm³/mol. The molecule has 2 aromatic carbocycles. The Balaban J connectivity index is 2.35. The molecule has 0 spiro atoms. The molecule has 110 valence electrons. The summed E-state index contributed by atoms with van der Waals surface area (Å²) >= 11 is 3.45. The molecule has 0 bridgehead atoms. The molecule has 0 saturated carbocycles. The quantitative estimate of drug-likeness (QED) is 0.870. The Bertz CT molecular complexity index is 641. The van der Waals surface area contributed by atoms with Crippen LogP contribution in [-0.2, 0) is 4.79 Å². The highest BCUT2D eigenvalue weighted by Gasteiger charge is 2.21. The number of ether oxygens (including phenoxy) is 1. The van der Waals surface area contributed by atoms with Crippen molar-refractivity contribution >= 4 is 27.5 Å². The number of anilines is 1. The van der Waals surface area contributed by atoms with Crippen molar-refractivity contribution in [2.75, 3.05) is 12.4 Å². The first-order valence-electron chi connectivity index (χ1n) is 6.47. The Morgan fingerprint density at radius 2 is 1.90 bits per heavy atom. The second kappa shape index (κ2) is 6.63. The maximum absolute atomic E-state index is 11.8. The van der Waals surface area contributed by atoms with Crippen LogP contribution in [-0.4, -0.2) is 13.0 Å². The Hall–Kier alpha value is -2.01. The van der Waals surface area contributed by atoms with Gasteiger partial charge in [0.1, 0.15) is 11.8 Å². The van der Waals surface area contributed by atoms with Crippen LogP contribution in [0, 0.1) is 6.92 Å². The van der Waals surface area contributed by atoms with E-state index in [4.69, 9.17) is 10.5 Å². The average molecular weight is 349 g/mol. The Morgan fingerprint density at radius 1 is 1.24 bits per heavy atom. The fourth-order valence-electron chi connectivity index (χ4n) is 1.99. The highest BCUT2D eigenvalue weighted by Crippen LogP contribution is 2.30. The van der Waals surface area contributed by atoms with Crippen molar-refractivity contribution in [3.8, 4) is 5.75 Å². The van der Waals surface area contributed by atoms with Crippen LogP contribution in [0.3, 0.4) is 0 Å². The van der Waals surface area contributed by atoms with Gasteiger partial charge in [0.2, 0.25) is 5.91 Å². The Kier molecular flexibility index (Phi) is 4.85. The lowest BCUT2D eigenvalue weighted by Crippen LogP contribution is -2.28. The van der Waals surface area contributed by atoms with Crippen LogP contribution >= 0.6 is 15.9 Å². The molecule has 5 heteroatoms. The highest BCUT2D eigenvalue weighted by atomic mass is 79.9. The van der Waals surface area contributed by atoms with Gasteiger partial charge < -0.3 is 15.8 Å². The SMILES string of the molecule is COc1ccc(Br)c(C(Nc2ccc(C)cc2)C(N)=O)c1. The summed E-state index contributed by atoms with van der Waals surface area (Å²) in [7, 11) is 1.58. The molecule has 0 aliphatic rings. The summed E-state index contributed by atoms with van der Waals surface area (Å²) < 4.78 is 6.00. The van der Waals surface area contributed by atoms with Gasteiger partial charge in [-0.2, -0.15) is 0 Å². The molecule has 0 aliphatic carbocycles. The number of hydrogen-bond donors (Lipinski definition) is 2. The number of carbonyl (C=O) groups is 1. The van der Waals surface area contributed by atoms with Crippen molar-refractivity contribution in [3.63, 3.8) is 0 Å². The van der Waals surface area contributed by atoms with Crippen LogP contribution in [0.25, 0.3) is 0 Å². The number of rotatable bonds is 5. The normalized spacial score (nSPS) is 11.8. The molecule has 3 N–H and O–H groups in total. The van der Waals surface area contributed by atoms with Crippen LogP contribution in [0.5, 0.6) is 5.75 Å². The maximum Gasteiger partial charge on any atom is 0.244 e. The van der Waals surface area contributed by atoms with E-state index in [9.17, 15) is 4.79 Å². The molecule has 4 nitrogen and oxygen atoms in total. The molecule has 0 heterocycles. The summed E-state index contributed by atoms with van der Waals surface area (Å²) in [6.07, 6.45) is 0. The third-order valence-corrected chi connectivity index (χ3v) is 3.88. The largest absolute Gasteiger partial charge is 0.497 e. The minimum Gasteiger partial charge on any atom is -0.497 e. The number of primary amides is 1. The highest BCUT2D eigenvalue weighted by molar-refractivity contribution is 9.10. The molecule has 0 fully saturated rings. The van der Waals surface area contributed by atoms with Gasteiger partial charge >= 0.3 is 0 Å². The molecular weight excluding hydrogens is 332 g/mol. The fraction of sp³-hybridized carbons (Fsp3) is 0.188. The van der Waals surface area contributed by atoms with Gasteiger partial charge in [-0.1, -0.05) is 33.6 Å². The summed E-state index contributed by atoms with van der Waals surface area (Å²) in [6.45, 7) is 2.01. The summed E-state index contributed by atoms with van der Waals surface area (Å²) in [4.78, 5) is 11.8. The van der Waals surface area contributed by atoms with Crippen molar-refractivity contribution in [1.29, 1.82) is 0 Å². The van der Waals surface area contributed by atoms with Gasteiger partial charge in [0.25, 0.3) is 0 Å². The summed E-state index contributed by atoms with van der Waals surface area (Å²) in [5.41, 5.74) is 8.27. The van der Waals surface area contributed by atoms with Crippen molar-refractivity contribution in [2.45, 2.75) is 13.0 Å². The number of hydrogen-bond acceptors (Lipinski definition) is 3. The van der Waals surface area contributed by atoms with Crippen LogP contribution in [0.1, 0.15) is 17.2 Å².